The topological polar surface area (TPSA) is 95.9 Å². The predicted octanol–water partition coefficient (Wildman–Crippen LogP) is 3.75. The van der Waals surface area contributed by atoms with Gasteiger partial charge in [-0.15, -0.1) is 0 Å². The van der Waals surface area contributed by atoms with Gasteiger partial charge in [-0.3, -0.25) is 9.69 Å². The molecule has 4 rings (SSSR count). The number of aryl methyl sites for hydroxylation is 2. The first-order valence-electron chi connectivity index (χ1n) is 14.4. The standard InChI is InChI=1S/C31H43N5O5/c1-6-11-32-31(38)35(13-12-34-14-16-41-17-15-34)21-30(37)36-27(25-9-10-28(39-4)29(19-25)40-5)20-26(33-36)24-8-7-22(2)23(3)18-24/h7-10,18-19,27H,6,11-17,20-21H2,1-5H3,(H,32,38)/t27-/m1/s1. The number of ether oxygens (including phenoxy) is 3. The minimum atomic E-state index is -0.348. The van der Waals surface area contributed by atoms with E-state index >= 15 is 0 Å². The zero-order valence-corrected chi connectivity index (χ0v) is 24.9. The second-order valence-electron chi connectivity index (χ2n) is 10.5. The maximum absolute atomic E-state index is 14.0. The molecule has 0 radical (unpaired) electrons. The minimum absolute atomic E-state index is 0.0760. The Morgan fingerprint density at radius 3 is 2.49 bits per heavy atom. The van der Waals surface area contributed by atoms with E-state index in [1.54, 1.807) is 24.1 Å². The third kappa shape index (κ3) is 7.56. The van der Waals surface area contributed by atoms with Crippen LogP contribution in [0.1, 0.15) is 48.1 Å². The summed E-state index contributed by atoms with van der Waals surface area (Å²) in [5.41, 5.74) is 5.06. The highest BCUT2D eigenvalue weighted by Crippen LogP contribution is 2.37. The second-order valence-corrected chi connectivity index (χ2v) is 10.5. The molecule has 1 atom stereocenters. The molecule has 0 spiro atoms. The Labute approximate surface area is 243 Å². The summed E-state index contributed by atoms with van der Waals surface area (Å²) in [4.78, 5) is 30.9. The summed E-state index contributed by atoms with van der Waals surface area (Å²) in [6, 6.07) is 11.3. The Bertz CT molecular complexity index is 1240. The quantitative estimate of drug-likeness (QED) is 0.446. The fourth-order valence-corrected chi connectivity index (χ4v) is 5.07. The predicted molar refractivity (Wildman–Crippen MR) is 159 cm³/mol. The summed E-state index contributed by atoms with van der Waals surface area (Å²) in [7, 11) is 3.19. The maximum Gasteiger partial charge on any atom is 0.317 e. The van der Waals surface area contributed by atoms with Crippen molar-refractivity contribution in [3.8, 4) is 11.5 Å². The smallest absolute Gasteiger partial charge is 0.317 e. The Balaban J connectivity index is 1.61. The molecule has 1 saturated heterocycles. The van der Waals surface area contributed by atoms with Crippen molar-refractivity contribution >= 4 is 17.6 Å². The van der Waals surface area contributed by atoms with Crippen LogP contribution in [0.2, 0.25) is 0 Å². The molecule has 2 aromatic rings. The van der Waals surface area contributed by atoms with Gasteiger partial charge < -0.3 is 24.4 Å². The van der Waals surface area contributed by atoms with Gasteiger partial charge in [0, 0.05) is 39.1 Å². The highest BCUT2D eigenvalue weighted by atomic mass is 16.5. The van der Waals surface area contributed by atoms with E-state index < -0.39 is 0 Å². The molecule has 0 saturated carbocycles. The molecule has 41 heavy (non-hydrogen) atoms. The van der Waals surface area contributed by atoms with E-state index in [0.717, 1.165) is 36.3 Å². The van der Waals surface area contributed by atoms with Crippen molar-refractivity contribution in [1.29, 1.82) is 0 Å². The first kappa shape index (κ1) is 30.3. The fraction of sp³-hybridized carbons (Fsp3) is 0.516. The molecule has 0 aliphatic carbocycles. The minimum Gasteiger partial charge on any atom is -0.493 e. The number of rotatable bonds is 11. The third-order valence-electron chi connectivity index (χ3n) is 7.73. The van der Waals surface area contributed by atoms with Crippen LogP contribution in [0.15, 0.2) is 41.5 Å². The first-order chi connectivity index (χ1) is 19.8. The second kappa shape index (κ2) is 14.3. The zero-order chi connectivity index (χ0) is 29.4. The lowest BCUT2D eigenvalue weighted by atomic mass is 9.96. The number of methoxy groups -OCH3 is 2. The van der Waals surface area contributed by atoms with Gasteiger partial charge in [-0.25, -0.2) is 9.80 Å². The van der Waals surface area contributed by atoms with Gasteiger partial charge in [0.05, 0.1) is 39.2 Å². The van der Waals surface area contributed by atoms with E-state index in [4.69, 9.17) is 19.3 Å². The van der Waals surface area contributed by atoms with E-state index in [9.17, 15) is 9.59 Å². The lowest BCUT2D eigenvalue weighted by Gasteiger charge is -2.31. The van der Waals surface area contributed by atoms with Crippen LogP contribution in [0, 0.1) is 13.8 Å². The van der Waals surface area contributed by atoms with Crippen molar-refractivity contribution in [1.82, 2.24) is 20.1 Å². The van der Waals surface area contributed by atoms with Crippen LogP contribution in [0.3, 0.4) is 0 Å². The van der Waals surface area contributed by atoms with E-state index in [-0.39, 0.29) is 24.5 Å². The van der Waals surface area contributed by atoms with Crippen LogP contribution in [0.5, 0.6) is 11.5 Å². The number of nitrogens with one attached hydrogen (secondary N) is 1. The monoisotopic (exact) mass is 565 g/mol. The van der Waals surface area contributed by atoms with Crippen molar-refractivity contribution < 1.29 is 23.8 Å². The van der Waals surface area contributed by atoms with Gasteiger partial charge in [0.1, 0.15) is 6.54 Å². The normalized spacial score (nSPS) is 17.2. The molecule has 2 heterocycles. The summed E-state index contributed by atoms with van der Waals surface area (Å²) in [6.45, 7) is 10.7. The third-order valence-corrected chi connectivity index (χ3v) is 7.73. The van der Waals surface area contributed by atoms with Gasteiger partial charge in [0.25, 0.3) is 5.91 Å². The number of hydrogen-bond acceptors (Lipinski definition) is 7. The molecule has 10 nitrogen and oxygen atoms in total. The summed E-state index contributed by atoms with van der Waals surface area (Å²) in [5.74, 6) is 0.963. The van der Waals surface area contributed by atoms with Gasteiger partial charge in [-0.05, 0) is 60.7 Å². The van der Waals surface area contributed by atoms with Gasteiger partial charge in [0.2, 0.25) is 0 Å². The van der Waals surface area contributed by atoms with Crippen LogP contribution in [-0.2, 0) is 9.53 Å². The number of nitrogens with zero attached hydrogens (tertiary/aromatic N) is 4. The Hall–Kier alpha value is -3.63. The van der Waals surface area contributed by atoms with E-state index in [2.05, 4.69) is 36.2 Å². The number of amides is 3. The first-order valence-corrected chi connectivity index (χ1v) is 14.4. The lowest BCUT2D eigenvalue weighted by Crippen LogP contribution is -2.49. The molecule has 1 fully saturated rings. The Morgan fingerprint density at radius 1 is 1.05 bits per heavy atom. The van der Waals surface area contributed by atoms with E-state index in [1.807, 2.05) is 31.2 Å². The van der Waals surface area contributed by atoms with Crippen molar-refractivity contribution in [3.05, 3.63) is 58.7 Å². The SMILES string of the molecule is CCCNC(=O)N(CCN1CCOCC1)CC(=O)N1N=C(c2ccc(C)c(C)c2)C[C@@H]1c1ccc(OC)c(OC)c1. The number of carbonyl (C=O) groups excluding carboxylic acids is 2. The molecule has 1 N–H and O–H groups in total. The maximum atomic E-state index is 14.0. The zero-order valence-electron chi connectivity index (χ0n) is 24.9. The van der Waals surface area contributed by atoms with Gasteiger partial charge in [0.15, 0.2) is 11.5 Å². The number of morpholine rings is 1. The van der Waals surface area contributed by atoms with Gasteiger partial charge in [-0.2, -0.15) is 5.10 Å². The summed E-state index contributed by atoms with van der Waals surface area (Å²) in [6.07, 6.45) is 1.35. The average Bonchev–Trinajstić information content (AvgIpc) is 3.45. The summed E-state index contributed by atoms with van der Waals surface area (Å²) < 4.78 is 16.4. The van der Waals surface area contributed by atoms with E-state index in [0.29, 0.717) is 50.8 Å². The van der Waals surface area contributed by atoms with Crippen molar-refractivity contribution in [2.24, 2.45) is 5.10 Å². The molecule has 2 aliphatic rings. The number of hydrazone groups is 1. The van der Waals surface area contributed by atoms with Crippen molar-refractivity contribution in [3.63, 3.8) is 0 Å². The van der Waals surface area contributed by atoms with Crippen LogP contribution in [-0.4, -0.2) is 99.2 Å². The largest absolute Gasteiger partial charge is 0.493 e. The van der Waals surface area contributed by atoms with Crippen LogP contribution < -0.4 is 14.8 Å². The Kier molecular flexibility index (Phi) is 10.6. The molecular weight excluding hydrogens is 522 g/mol. The average molecular weight is 566 g/mol. The molecule has 10 heteroatoms. The van der Waals surface area contributed by atoms with Crippen LogP contribution in [0.25, 0.3) is 0 Å². The van der Waals surface area contributed by atoms with Crippen LogP contribution >= 0.6 is 0 Å². The number of benzene rings is 2. The molecule has 0 unspecified atom stereocenters. The molecule has 0 bridgehead atoms. The summed E-state index contributed by atoms with van der Waals surface area (Å²) in [5, 5.41) is 9.33. The summed E-state index contributed by atoms with van der Waals surface area (Å²) >= 11 is 0. The lowest BCUT2D eigenvalue weighted by molar-refractivity contribution is -0.133. The van der Waals surface area contributed by atoms with Gasteiger partial charge in [-0.1, -0.05) is 25.1 Å². The highest BCUT2D eigenvalue weighted by Gasteiger charge is 2.35. The number of hydrogen-bond donors (Lipinski definition) is 1. The molecule has 2 aromatic carbocycles. The molecular formula is C31H43N5O5. The highest BCUT2D eigenvalue weighted by molar-refractivity contribution is 6.03. The molecule has 222 valence electrons. The fourth-order valence-electron chi connectivity index (χ4n) is 5.07. The number of urea groups is 1. The number of carbonyl (C=O) groups is 2. The molecule has 2 aliphatic heterocycles. The van der Waals surface area contributed by atoms with Crippen LogP contribution in [0.4, 0.5) is 4.79 Å². The molecule has 0 aromatic heterocycles. The van der Waals surface area contributed by atoms with Gasteiger partial charge >= 0.3 is 6.03 Å². The van der Waals surface area contributed by atoms with Crippen molar-refractivity contribution in [2.45, 2.75) is 39.7 Å². The van der Waals surface area contributed by atoms with Crippen molar-refractivity contribution in [2.75, 3.05) is 66.7 Å². The van der Waals surface area contributed by atoms with E-state index in [1.165, 1.54) is 11.1 Å². The molecule has 3 amide bonds. The Morgan fingerprint density at radius 2 is 1.80 bits per heavy atom.